The Kier molecular flexibility index (Phi) is 37.8. The van der Waals surface area contributed by atoms with Gasteiger partial charge in [0.05, 0.1) is 46.2 Å². The number of rotatable bonds is 12. The molecule has 9 nitrogen and oxygen atoms in total. The molecule has 142 valence electrons. The SMILES string of the molecule is C=CCOS(=O)(=O)[O-].CCOCC.OCCOCCOCCO.[Na+]. The van der Waals surface area contributed by atoms with Crippen LogP contribution in [0.2, 0.25) is 0 Å². The summed E-state index contributed by atoms with van der Waals surface area (Å²) in [7, 11) is -4.51. The van der Waals surface area contributed by atoms with Crippen molar-refractivity contribution in [2.75, 3.05) is 59.5 Å². The van der Waals surface area contributed by atoms with Gasteiger partial charge in [0.1, 0.15) is 0 Å². The van der Waals surface area contributed by atoms with E-state index in [-0.39, 0.29) is 49.4 Å². The first-order valence-electron chi connectivity index (χ1n) is 7.05. The summed E-state index contributed by atoms with van der Waals surface area (Å²) in [6, 6.07) is 0. The summed E-state index contributed by atoms with van der Waals surface area (Å²) in [5.74, 6) is 0. The van der Waals surface area contributed by atoms with Crippen LogP contribution in [-0.4, -0.2) is 82.6 Å². The Hall–Kier alpha value is 0.410. The molecular weight excluding hydrogens is 355 g/mol. The summed E-state index contributed by atoms with van der Waals surface area (Å²) < 4.78 is 46.9. The largest absolute Gasteiger partial charge is 1.00 e. The van der Waals surface area contributed by atoms with Crippen LogP contribution in [-0.2, 0) is 28.8 Å². The van der Waals surface area contributed by atoms with Crippen LogP contribution in [0.25, 0.3) is 0 Å². The van der Waals surface area contributed by atoms with Gasteiger partial charge in [-0.15, -0.1) is 6.58 Å². The topological polar surface area (TPSA) is 135 Å². The number of ether oxygens (including phenoxy) is 3. The van der Waals surface area contributed by atoms with E-state index in [0.717, 1.165) is 13.2 Å². The first kappa shape index (κ1) is 32.1. The standard InChI is InChI=1S/C6H14O4.C4H10O.C3H6O4S.Na/c7-1-3-9-5-6-10-4-2-8;1-3-5-4-2;1-2-3-7-8(4,5)6;/h7-8H,1-6H2;3-4H2,1-2H3;2H,1,3H2,(H,4,5,6);/q;;;+1/p-1. The molecule has 0 unspecified atom stereocenters. The van der Waals surface area contributed by atoms with Gasteiger partial charge in [0.15, 0.2) is 0 Å². The molecule has 2 N–H and O–H groups in total. The molecule has 0 atom stereocenters. The maximum atomic E-state index is 9.56. The summed E-state index contributed by atoms with van der Waals surface area (Å²) in [5.41, 5.74) is 0. The fraction of sp³-hybridized carbons (Fsp3) is 0.846. The minimum atomic E-state index is -4.51. The van der Waals surface area contributed by atoms with E-state index in [1.807, 2.05) is 13.8 Å². The summed E-state index contributed by atoms with van der Waals surface area (Å²) in [6.07, 6.45) is 1.18. The molecule has 0 saturated carbocycles. The Morgan fingerprint density at radius 3 is 1.54 bits per heavy atom. The molecule has 0 aliphatic rings. The molecule has 0 heterocycles. The van der Waals surface area contributed by atoms with E-state index in [1.165, 1.54) is 6.08 Å². The Labute approximate surface area is 167 Å². The summed E-state index contributed by atoms with van der Waals surface area (Å²) in [4.78, 5) is 0. The van der Waals surface area contributed by atoms with Crippen molar-refractivity contribution in [3.63, 3.8) is 0 Å². The summed E-state index contributed by atoms with van der Waals surface area (Å²) >= 11 is 0. The zero-order valence-electron chi connectivity index (χ0n) is 14.8. The molecule has 0 aliphatic heterocycles. The van der Waals surface area contributed by atoms with Gasteiger partial charge in [-0.3, -0.25) is 4.18 Å². The minimum absolute atomic E-state index is 0. The molecule has 0 aromatic rings. The Morgan fingerprint density at radius 2 is 1.38 bits per heavy atom. The molecule has 0 bridgehead atoms. The van der Waals surface area contributed by atoms with Crippen molar-refractivity contribution >= 4 is 10.4 Å². The zero-order chi connectivity index (χ0) is 18.4. The van der Waals surface area contributed by atoms with Crippen LogP contribution in [0, 0.1) is 0 Å². The minimum Gasteiger partial charge on any atom is -0.726 e. The average molecular weight is 384 g/mol. The van der Waals surface area contributed by atoms with Crippen molar-refractivity contribution in [2.24, 2.45) is 0 Å². The van der Waals surface area contributed by atoms with Crippen molar-refractivity contribution in [2.45, 2.75) is 13.8 Å². The van der Waals surface area contributed by atoms with Crippen molar-refractivity contribution in [1.82, 2.24) is 0 Å². The van der Waals surface area contributed by atoms with Crippen LogP contribution in [0.15, 0.2) is 12.7 Å². The van der Waals surface area contributed by atoms with Gasteiger partial charge in [0.25, 0.3) is 0 Å². The molecular formula is C13H29NaO9S. The summed E-state index contributed by atoms with van der Waals surface area (Å²) in [5, 5.41) is 16.5. The fourth-order valence-electron chi connectivity index (χ4n) is 0.787. The van der Waals surface area contributed by atoms with Crippen molar-refractivity contribution in [3.8, 4) is 0 Å². The molecule has 0 aromatic carbocycles. The molecule has 0 radical (unpaired) electrons. The quantitative estimate of drug-likeness (QED) is 0.117. The van der Waals surface area contributed by atoms with Crippen LogP contribution in [0.4, 0.5) is 0 Å². The molecule has 0 aliphatic carbocycles. The maximum Gasteiger partial charge on any atom is 1.00 e. The molecule has 0 spiro atoms. The number of hydrogen-bond acceptors (Lipinski definition) is 9. The van der Waals surface area contributed by atoms with Gasteiger partial charge in [0, 0.05) is 13.2 Å². The predicted octanol–water partition coefficient (Wildman–Crippen LogP) is -3.30. The molecule has 0 rings (SSSR count). The normalized spacial score (nSPS) is 9.71. The number of aliphatic hydroxyl groups excluding tert-OH is 2. The van der Waals surface area contributed by atoms with Crippen LogP contribution in [0.5, 0.6) is 0 Å². The van der Waals surface area contributed by atoms with Gasteiger partial charge < -0.3 is 29.0 Å². The van der Waals surface area contributed by atoms with Crippen LogP contribution in [0.1, 0.15) is 13.8 Å². The van der Waals surface area contributed by atoms with Crippen LogP contribution >= 0.6 is 0 Å². The second kappa shape index (κ2) is 28.2. The van der Waals surface area contributed by atoms with E-state index in [9.17, 15) is 13.0 Å². The third kappa shape index (κ3) is 49.5. The fourth-order valence-corrected chi connectivity index (χ4v) is 1.05. The van der Waals surface area contributed by atoms with E-state index < -0.39 is 10.4 Å². The van der Waals surface area contributed by atoms with E-state index in [2.05, 4.69) is 10.8 Å². The van der Waals surface area contributed by atoms with Crippen molar-refractivity contribution in [1.29, 1.82) is 0 Å². The summed E-state index contributed by atoms with van der Waals surface area (Å²) in [6.45, 7) is 10.3. The molecule has 24 heavy (non-hydrogen) atoms. The first-order chi connectivity index (χ1) is 10.9. The smallest absolute Gasteiger partial charge is 0.726 e. The third-order valence-corrected chi connectivity index (χ3v) is 2.01. The number of hydrogen-bond donors (Lipinski definition) is 2. The zero-order valence-corrected chi connectivity index (χ0v) is 17.6. The van der Waals surface area contributed by atoms with Gasteiger partial charge in [-0.2, -0.15) is 0 Å². The molecule has 0 fully saturated rings. The Balaban J connectivity index is -0.000000129. The third-order valence-electron chi connectivity index (χ3n) is 1.58. The monoisotopic (exact) mass is 384 g/mol. The van der Waals surface area contributed by atoms with Gasteiger partial charge in [0.2, 0.25) is 10.4 Å². The van der Waals surface area contributed by atoms with E-state index >= 15 is 0 Å². The van der Waals surface area contributed by atoms with Crippen molar-refractivity contribution in [3.05, 3.63) is 12.7 Å². The Morgan fingerprint density at radius 1 is 0.958 bits per heavy atom. The molecule has 0 amide bonds. The van der Waals surface area contributed by atoms with Crippen molar-refractivity contribution < 1.29 is 71.1 Å². The first-order valence-corrected chi connectivity index (χ1v) is 8.38. The second-order valence-corrected chi connectivity index (χ2v) is 4.49. The van der Waals surface area contributed by atoms with Gasteiger partial charge in [-0.25, -0.2) is 8.42 Å². The average Bonchev–Trinajstić information content (AvgIpc) is 2.50. The molecule has 0 aromatic heterocycles. The van der Waals surface area contributed by atoms with E-state index in [0.29, 0.717) is 26.4 Å². The van der Waals surface area contributed by atoms with Gasteiger partial charge >= 0.3 is 29.6 Å². The predicted molar refractivity (Wildman–Crippen MR) is 83.8 cm³/mol. The van der Waals surface area contributed by atoms with Crippen LogP contribution in [0.3, 0.4) is 0 Å². The van der Waals surface area contributed by atoms with Crippen LogP contribution < -0.4 is 29.6 Å². The van der Waals surface area contributed by atoms with Gasteiger partial charge in [-0.1, -0.05) is 6.08 Å². The number of aliphatic hydroxyl groups is 2. The van der Waals surface area contributed by atoms with E-state index in [4.69, 9.17) is 24.4 Å². The maximum absolute atomic E-state index is 9.56. The Bertz CT molecular complexity index is 303. The van der Waals surface area contributed by atoms with E-state index in [1.54, 1.807) is 0 Å². The second-order valence-electron chi connectivity index (χ2n) is 3.43. The van der Waals surface area contributed by atoms with Gasteiger partial charge in [-0.05, 0) is 13.8 Å². The molecule has 11 heteroatoms. The molecule has 0 saturated heterocycles.